The third-order valence-electron chi connectivity index (χ3n) is 12.0. The van der Waals surface area contributed by atoms with Crippen molar-refractivity contribution in [2.45, 2.75) is 12.4 Å². The molecule has 0 atom stereocenters. The number of hydrogen-bond acceptors (Lipinski definition) is 9. The molecule has 0 aliphatic heterocycles. The van der Waals surface area contributed by atoms with E-state index in [1.54, 1.807) is 0 Å². The summed E-state index contributed by atoms with van der Waals surface area (Å²) in [6.45, 7) is 0. The number of para-hydroxylation sites is 4. The van der Waals surface area contributed by atoms with Crippen LogP contribution in [-0.2, 0) is 12.4 Å². The zero-order valence-electron chi connectivity index (χ0n) is 35.5. The van der Waals surface area contributed by atoms with E-state index in [2.05, 4.69) is 9.80 Å². The van der Waals surface area contributed by atoms with Gasteiger partial charge in [-0.25, -0.2) is 9.97 Å². The van der Waals surface area contributed by atoms with Crippen molar-refractivity contribution in [1.29, 1.82) is 0 Å². The van der Waals surface area contributed by atoms with E-state index in [4.69, 9.17) is 18.7 Å². The van der Waals surface area contributed by atoms with Crippen molar-refractivity contribution in [3.63, 3.8) is 0 Å². The van der Waals surface area contributed by atoms with Crippen LogP contribution in [0.5, 0.6) is 0 Å². The Labute approximate surface area is 401 Å². The first-order chi connectivity index (χ1) is 33.5. The molecule has 0 fully saturated rings. The number of anilines is 6. The number of rotatable bonds is 8. The molecule has 0 amide bonds. The zero-order valence-corrected chi connectivity index (χ0v) is 37.9. The first-order valence-electron chi connectivity index (χ1n) is 21.4. The van der Waals surface area contributed by atoms with Gasteiger partial charge in [-0.05, 0) is 108 Å². The molecule has 336 valence electrons. The summed E-state index contributed by atoms with van der Waals surface area (Å²) in [4.78, 5) is 16.6. The predicted octanol–water partition coefficient (Wildman–Crippen LogP) is 17.5. The summed E-state index contributed by atoms with van der Waals surface area (Å²) < 4.78 is 96.0. The number of hydrogen-bond donors (Lipinski definition) is 0. The van der Waals surface area contributed by atoms with Crippen molar-refractivity contribution in [2.24, 2.45) is 0 Å². The molecule has 0 unspecified atom stereocenters. The fraction of sp³-hybridized carbons (Fsp3) is 0.0370. The summed E-state index contributed by atoms with van der Waals surface area (Å²) in [6.07, 6.45) is -9.53. The Balaban J connectivity index is 1.17. The Morgan fingerprint density at radius 1 is 0.348 bits per heavy atom. The third-order valence-corrected chi connectivity index (χ3v) is 14.7. The van der Waals surface area contributed by atoms with Gasteiger partial charge in [0, 0.05) is 54.4 Å². The average molecular weight is 973 g/mol. The second kappa shape index (κ2) is 16.5. The smallest absolute Gasteiger partial charge is 0.302 e. The van der Waals surface area contributed by atoms with Crippen molar-refractivity contribution in [3.8, 4) is 20.9 Å². The topological polar surface area (TPSA) is 58.0 Å². The second-order valence-corrected chi connectivity index (χ2v) is 18.8. The maximum Gasteiger partial charge on any atom is 0.416 e. The number of nitrogens with zero attached hydrogens (tertiary/aromatic N) is 6. The SMILES string of the molecule is FC(F)(F)c1ccc2c(c1)c1cc(C(F)(F)F)ccc1c1nc3c(-c4ccc(N(c5ccccc5)c5ccccc5)s4)c4nsnc4c(-c4ccc(N(c5ccccc5)c5ccccc5)s4)c3nc21. The summed E-state index contributed by atoms with van der Waals surface area (Å²) in [6, 6.07) is 54.1. The Morgan fingerprint density at radius 2 is 0.696 bits per heavy atom. The van der Waals surface area contributed by atoms with Crippen molar-refractivity contribution in [2.75, 3.05) is 9.80 Å². The average Bonchev–Trinajstić information content (AvgIpc) is 4.17. The monoisotopic (exact) mass is 972 g/mol. The molecule has 0 N–H and O–H groups in total. The molecule has 0 saturated carbocycles. The molecule has 12 rings (SSSR count). The van der Waals surface area contributed by atoms with Gasteiger partial charge in [0.1, 0.15) is 32.1 Å². The highest BCUT2D eigenvalue weighted by atomic mass is 32.1. The lowest BCUT2D eigenvalue weighted by Gasteiger charge is -2.23. The molecule has 8 aromatic carbocycles. The lowest BCUT2D eigenvalue weighted by atomic mass is 9.95. The van der Waals surface area contributed by atoms with Crippen LogP contribution in [0.2, 0.25) is 0 Å². The fourth-order valence-electron chi connectivity index (χ4n) is 8.95. The maximum absolute atomic E-state index is 14.4. The van der Waals surface area contributed by atoms with E-state index in [9.17, 15) is 26.3 Å². The molecule has 15 heteroatoms. The van der Waals surface area contributed by atoms with Crippen LogP contribution in [0.3, 0.4) is 0 Å². The Morgan fingerprint density at radius 3 is 1.03 bits per heavy atom. The molecule has 0 bridgehead atoms. The quantitative estimate of drug-likeness (QED) is 0.0859. The lowest BCUT2D eigenvalue weighted by Crippen LogP contribution is -2.07. The van der Waals surface area contributed by atoms with Gasteiger partial charge in [-0.15, -0.1) is 22.7 Å². The molecule has 0 spiro atoms. The number of benzene rings is 8. The fourth-order valence-corrected chi connectivity index (χ4v) is 11.7. The first-order valence-corrected chi connectivity index (χ1v) is 23.8. The standard InChI is InChI=1S/C54H30F6N6S3/c55-53(56,57)31-21-23-37-39(29-31)40-30-32(54(58,59)60)22-24-38(40)48-47(37)61-49-45(41-25-27-43(67-41)65(33-13-5-1-6-14-33)34-15-7-2-8-16-34)51-52(64-69-63-51)46(50(49)62-48)42-26-28-44(68-42)66(35-17-9-3-10-18-35)36-19-11-4-12-20-36/h1-30H. The molecule has 0 saturated heterocycles. The van der Waals surface area contributed by atoms with Gasteiger partial charge in [-0.2, -0.15) is 35.1 Å². The summed E-state index contributed by atoms with van der Waals surface area (Å²) >= 11 is 4.03. The molecule has 4 heterocycles. The summed E-state index contributed by atoms with van der Waals surface area (Å²) in [5, 5.41) is 2.13. The highest BCUT2D eigenvalue weighted by molar-refractivity contribution is 7.20. The van der Waals surface area contributed by atoms with Gasteiger partial charge < -0.3 is 9.80 Å². The van der Waals surface area contributed by atoms with Crippen LogP contribution in [0, 0.1) is 0 Å². The maximum atomic E-state index is 14.4. The van der Waals surface area contributed by atoms with Crippen molar-refractivity contribution >= 4 is 122 Å². The molecule has 0 aliphatic rings. The van der Waals surface area contributed by atoms with E-state index >= 15 is 0 Å². The van der Waals surface area contributed by atoms with Crippen molar-refractivity contribution in [1.82, 2.24) is 18.7 Å². The Bertz CT molecular complexity index is 3560. The lowest BCUT2D eigenvalue weighted by molar-refractivity contribution is -0.138. The van der Waals surface area contributed by atoms with E-state index in [-0.39, 0.29) is 32.6 Å². The molecule has 0 aliphatic carbocycles. The summed E-state index contributed by atoms with van der Waals surface area (Å²) in [7, 11) is 0. The summed E-state index contributed by atoms with van der Waals surface area (Å²) in [5.74, 6) is 0. The summed E-state index contributed by atoms with van der Waals surface area (Å²) in [5.41, 5.74) is 5.33. The van der Waals surface area contributed by atoms with Crippen LogP contribution in [0.15, 0.2) is 182 Å². The van der Waals surface area contributed by atoms with Crippen LogP contribution in [0.1, 0.15) is 11.1 Å². The molecule has 4 aromatic heterocycles. The molecule has 6 nitrogen and oxygen atoms in total. The van der Waals surface area contributed by atoms with Gasteiger partial charge in [0.2, 0.25) is 0 Å². The minimum Gasteiger partial charge on any atom is -0.302 e. The first kappa shape index (κ1) is 42.6. The second-order valence-electron chi connectivity index (χ2n) is 16.1. The number of aromatic nitrogens is 4. The van der Waals surface area contributed by atoms with E-state index in [1.165, 1.54) is 34.8 Å². The van der Waals surface area contributed by atoms with Crippen LogP contribution in [-0.4, -0.2) is 18.7 Å². The van der Waals surface area contributed by atoms with Crippen LogP contribution < -0.4 is 9.80 Å². The van der Waals surface area contributed by atoms with Gasteiger partial charge in [0.15, 0.2) is 0 Å². The molecule has 0 radical (unpaired) electrons. The third kappa shape index (κ3) is 7.41. The van der Waals surface area contributed by atoms with Gasteiger partial charge in [0.25, 0.3) is 0 Å². The normalized spacial score (nSPS) is 12.2. The highest BCUT2D eigenvalue weighted by Gasteiger charge is 2.34. The van der Waals surface area contributed by atoms with Crippen molar-refractivity contribution in [3.05, 3.63) is 193 Å². The molecule has 12 aromatic rings. The molecule has 69 heavy (non-hydrogen) atoms. The number of thiophene rings is 2. The van der Waals surface area contributed by atoms with Gasteiger partial charge in [-0.3, -0.25) is 0 Å². The van der Waals surface area contributed by atoms with Gasteiger partial charge in [0.05, 0.1) is 33.9 Å². The number of fused-ring (bicyclic) bond motifs is 8. The minimum atomic E-state index is -4.77. The van der Waals surface area contributed by atoms with E-state index in [0.717, 1.165) is 78.5 Å². The Hall–Kier alpha value is -7.72. The van der Waals surface area contributed by atoms with Crippen LogP contribution in [0.4, 0.5) is 59.1 Å². The van der Waals surface area contributed by atoms with E-state index < -0.39 is 23.5 Å². The predicted molar refractivity (Wildman–Crippen MR) is 269 cm³/mol. The van der Waals surface area contributed by atoms with Gasteiger partial charge in [-0.1, -0.05) is 84.9 Å². The van der Waals surface area contributed by atoms with Crippen molar-refractivity contribution < 1.29 is 26.3 Å². The van der Waals surface area contributed by atoms with Crippen LogP contribution >= 0.6 is 34.4 Å². The Kier molecular flexibility index (Phi) is 10.2. The largest absolute Gasteiger partial charge is 0.416 e. The number of halogens is 6. The number of alkyl halides is 6. The highest BCUT2D eigenvalue weighted by Crippen LogP contribution is 2.51. The minimum absolute atomic E-state index is 0.0326. The zero-order chi connectivity index (χ0) is 47.0. The molecular weight excluding hydrogens is 943 g/mol. The molecular formula is C54H30F6N6S3. The van der Waals surface area contributed by atoms with Gasteiger partial charge >= 0.3 is 12.4 Å². The van der Waals surface area contributed by atoms with Crippen LogP contribution in [0.25, 0.3) is 75.5 Å². The van der Waals surface area contributed by atoms with E-state index in [1.807, 2.05) is 146 Å². The van der Waals surface area contributed by atoms with E-state index in [0.29, 0.717) is 33.2 Å².